The monoisotopic (exact) mass is 261 g/mol. The Balaban J connectivity index is 1.78. The molecule has 0 heterocycles. The van der Waals surface area contributed by atoms with Crippen LogP contribution in [-0.2, 0) is 0 Å². The predicted molar refractivity (Wildman–Crippen MR) is 83.3 cm³/mol. The summed E-state index contributed by atoms with van der Waals surface area (Å²) in [5.41, 5.74) is 4.39. The molecule has 2 heteroatoms. The number of phenols is 1. The fraction of sp³-hybridized carbons (Fsp3) is 0. The molecule has 0 amide bonds. The SMILES string of the molecule is Oc1ccc(Nc2ccc(-c3ccccc3)cc2)cc1. The third-order valence-electron chi connectivity index (χ3n) is 3.15. The quantitative estimate of drug-likeness (QED) is 0.663. The number of hydrogen-bond acceptors (Lipinski definition) is 2. The highest BCUT2D eigenvalue weighted by molar-refractivity contribution is 5.68. The summed E-state index contributed by atoms with van der Waals surface area (Å²) in [5, 5.41) is 12.6. The molecule has 0 aliphatic rings. The lowest BCUT2D eigenvalue weighted by Crippen LogP contribution is -1.89. The molecule has 0 atom stereocenters. The van der Waals surface area contributed by atoms with E-state index in [9.17, 15) is 5.11 Å². The summed E-state index contributed by atoms with van der Waals surface area (Å²) in [6, 6.07) is 25.6. The molecule has 3 rings (SSSR count). The summed E-state index contributed by atoms with van der Waals surface area (Å²) in [5.74, 6) is 0.273. The Morgan fingerprint density at radius 3 is 1.65 bits per heavy atom. The normalized spacial score (nSPS) is 10.2. The Kier molecular flexibility index (Phi) is 3.38. The number of rotatable bonds is 3. The van der Waals surface area contributed by atoms with Gasteiger partial charge in [-0.3, -0.25) is 0 Å². The van der Waals surface area contributed by atoms with Crippen LogP contribution >= 0.6 is 0 Å². The van der Waals surface area contributed by atoms with Crippen LogP contribution in [0.3, 0.4) is 0 Å². The van der Waals surface area contributed by atoms with Crippen LogP contribution in [0.25, 0.3) is 11.1 Å². The van der Waals surface area contributed by atoms with Crippen LogP contribution in [0.2, 0.25) is 0 Å². The Labute approximate surface area is 118 Å². The van der Waals surface area contributed by atoms with Gasteiger partial charge >= 0.3 is 0 Å². The molecule has 0 radical (unpaired) electrons. The fourth-order valence-corrected chi connectivity index (χ4v) is 2.09. The number of benzene rings is 3. The van der Waals surface area contributed by atoms with E-state index in [4.69, 9.17) is 0 Å². The van der Waals surface area contributed by atoms with Gasteiger partial charge in [0.1, 0.15) is 5.75 Å². The van der Waals surface area contributed by atoms with Gasteiger partial charge in [-0.1, -0.05) is 42.5 Å². The van der Waals surface area contributed by atoms with E-state index >= 15 is 0 Å². The lowest BCUT2D eigenvalue weighted by atomic mass is 10.1. The molecule has 2 N–H and O–H groups in total. The zero-order chi connectivity index (χ0) is 13.8. The first-order chi connectivity index (χ1) is 9.81. The zero-order valence-corrected chi connectivity index (χ0v) is 11.0. The van der Waals surface area contributed by atoms with E-state index in [0.717, 1.165) is 11.4 Å². The van der Waals surface area contributed by atoms with Crippen molar-refractivity contribution in [2.75, 3.05) is 5.32 Å². The van der Waals surface area contributed by atoms with E-state index in [1.807, 2.05) is 30.3 Å². The van der Waals surface area contributed by atoms with Crippen molar-refractivity contribution >= 4 is 11.4 Å². The van der Waals surface area contributed by atoms with Gasteiger partial charge in [-0.05, 0) is 47.5 Å². The Morgan fingerprint density at radius 2 is 1.05 bits per heavy atom. The number of nitrogens with one attached hydrogen (secondary N) is 1. The first-order valence-corrected chi connectivity index (χ1v) is 6.53. The van der Waals surface area contributed by atoms with Gasteiger partial charge < -0.3 is 10.4 Å². The summed E-state index contributed by atoms with van der Waals surface area (Å²) in [6.45, 7) is 0. The maximum absolute atomic E-state index is 9.26. The average molecular weight is 261 g/mol. The predicted octanol–water partition coefficient (Wildman–Crippen LogP) is 4.80. The molecule has 2 nitrogen and oxygen atoms in total. The molecular weight excluding hydrogens is 246 g/mol. The van der Waals surface area contributed by atoms with Crippen LogP contribution in [0.15, 0.2) is 78.9 Å². The minimum atomic E-state index is 0.273. The Morgan fingerprint density at radius 1 is 0.550 bits per heavy atom. The summed E-state index contributed by atoms with van der Waals surface area (Å²) < 4.78 is 0. The van der Waals surface area contributed by atoms with Gasteiger partial charge in [-0.15, -0.1) is 0 Å². The lowest BCUT2D eigenvalue weighted by molar-refractivity contribution is 0.475. The van der Waals surface area contributed by atoms with Gasteiger partial charge in [0.15, 0.2) is 0 Å². The van der Waals surface area contributed by atoms with Crippen molar-refractivity contribution in [1.82, 2.24) is 0 Å². The molecule has 0 aliphatic heterocycles. The summed E-state index contributed by atoms with van der Waals surface area (Å²) in [7, 11) is 0. The Bertz CT molecular complexity index is 673. The van der Waals surface area contributed by atoms with Gasteiger partial charge in [0.25, 0.3) is 0 Å². The third kappa shape index (κ3) is 2.81. The molecular formula is C18H15NO. The fourth-order valence-electron chi connectivity index (χ4n) is 2.09. The van der Waals surface area contributed by atoms with E-state index < -0.39 is 0 Å². The molecule has 3 aromatic carbocycles. The molecule has 0 spiro atoms. The first kappa shape index (κ1) is 12.3. The standard InChI is InChI=1S/C18H15NO/c20-18-12-10-17(11-13-18)19-16-8-6-15(7-9-16)14-4-2-1-3-5-14/h1-13,19-20H. The first-order valence-electron chi connectivity index (χ1n) is 6.53. The van der Waals surface area contributed by atoms with E-state index in [1.165, 1.54) is 11.1 Å². The van der Waals surface area contributed by atoms with Crippen molar-refractivity contribution in [3.8, 4) is 16.9 Å². The number of aromatic hydroxyl groups is 1. The highest BCUT2D eigenvalue weighted by Crippen LogP contribution is 2.23. The van der Waals surface area contributed by atoms with Gasteiger partial charge in [0.2, 0.25) is 0 Å². The third-order valence-corrected chi connectivity index (χ3v) is 3.15. The summed E-state index contributed by atoms with van der Waals surface area (Å²) in [6.07, 6.45) is 0. The second-order valence-corrected chi connectivity index (χ2v) is 4.62. The Hall–Kier alpha value is -2.74. The van der Waals surface area contributed by atoms with Gasteiger partial charge in [-0.2, -0.15) is 0 Å². The van der Waals surface area contributed by atoms with E-state index in [2.05, 4.69) is 41.7 Å². The average Bonchev–Trinajstić information content (AvgIpc) is 2.51. The maximum Gasteiger partial charge on any atom is 0.115 e. The van der Waals surface area contributed by atoms with E-state index in [0.29, 0.717) is 0 Å². The van der Waals surface area contributed by atoms with Crippen molar-refractivity contribution in [1.29, 1.82) is 0 Å². The molecule has 3 aromatic rings. The van der Waals surface area contributed by atoms with E-state index in [-0.39, 0.29) is 5.75 Å². The molecule has 0 unspecified atom stereocenters. The molecule has 0 fully saturated rings. The highest BCUT2D eigenvalue weighted by atomic mass is 16.3. The lowest BCUT2D eigenvalue weighted by Gasteiger charge is -2.08. The van der Waals surface area contributed by atoms with Crippen LogP contribution in [0, 0.1) is 0 Å². The molecule has 20 heavy (non-hydrogen) atoms. The molecule has 98 valence electrons. The molecule has 0 aromatic heterocycles. The number of anilines is 2. The van der Waals surface area contributed by atoms with Crippen LogP contribution in [0.1, 0.15) is 0 Å². The maximum atomic E-state index is 9.26. The largest absolute Gasteiger partial charge is 0.508 e. The van der Waals surface area contributed by atoms with Crippen molar-refractivity contribution in [3.63, 3.8) is 0 Å². The second kappa shape index (κ2) is 5.49. The van der Waals surface area contributed by atoms with E-state index in [1.54, 1.807) is 12.1 Å². The summed E-state index contributed by atoms with van der Waals surface area (Å²) >= 11 is 0. The van der Waals surface area contributed by atoms with Crippen LogP contribution < -0.4 is 5.32 Å². The van der Waals surface area contributed by atoms with Crippen LogP contribution in [0.4, 0.5) is 11.4 Å². The van der Waals surface area contributed by atoms with Gasteiger partial charge in [0.05, 0.1) is 0 Å². The molecule has 0 saturated carbocycles. The summed E-state index contributed by atoms with van der Waals surface area (Å²) in [4.78, 5) is 0. The van der Waals surface area contributed by atoms with Crippen molar-refractivity contribution < 1.29 is 5.11 Å². The van der Waals surface area contributed by atoms with Crippen LogP contribution in [-0.4, -0.2) is 5.11 Å². The topological polar surface area (TPSA) is 32.3 Å². The molecule has 0 saturated heterocycles. The van der Waals surface area contributed by atoms with Crippen molar-refractivity contribution in [3.05, 3.63) is 78.9 Å². The van der Waals surface area contributed by atoms with Crippen molar-refractivity contribution in [2.24, 2.45) is 0 Å². The number of hydrogen-bond donors (Lipinski definition) is 2. The van der Waals surface area contributed by atoms with Crippen molar-refractivity contribution in [2.45, 2.75) is 0 Å². The smallest absolute Gasteiger partial charge is 0.115 e. The number of phenolic OH excluding ortho intramolecular Hbond substituents is 1. The molecule has 0 aliphatic carbocycles. The minimum absolute atomic E-state index is 0.273. The molecule has 0 bridgehead atoms. The zero-order valence-electron chi connectivity index (χ0n) is 11.0. The second-order valence-electron chi connectivity index (χ2n) is 4.62. The minimum Gasteiger partial charge on any atom is -0.508 e. The van der Waals surface area contributed by atoms with Crippen LogP contribution in [0.5, 0.6) is 5.75 Å². The highest BCUT2D eigenvalue weighted by Gasteiger charge is 1.98. The van der Waals surface area contributed by atoms with Gasteiger partial charge in [-0.25, -0.2) is 0 Å². The van der Waals surface area contributed by atoms with Gasteiger partial charge in [0, 0.05) is 11.4 Å².